The van der Waals surface area contributed by atoms with E-state index in [1.54, 1.807) is 21.3 Å². The molecule has 3 aromatic carbocycles. The number of rotatable bonds is 8. The van der Waals surface area contributed by atoms with Crippen molar-refractivity contribution >= 4 is 23.0 Å². The summed E-state index contributed by atoms with van der Waals surface area (Å²) >= 11 is 5.73. The standard InChI is InChI=1S/C27H27F3N2O5S/c1-33-19-8-10-20(11-9-19)36-16-23-22-15-25(35-3)24(34-2)14-17(22)12-13-32(23)26(38)31-18-4-6-21(7-5-18)37-27(28,29)30/h4-11,14-15,23H,12-13,16H2,1-3H3,(H,31,38)/t23-/m0/s1. The summed E-state index contributed by atoms with van der Waals surface area (Å²) in [5, 5.41) is 3.52. The first-order chi connectivity index (χ1) is 18.2. The fourth-order valence-corrected chi connectivity index (χ4v) is 4.57. The second-order valence-corrected chi connectivity index (χ2v) is 8.74. The minimum atomic E-state index is -4.76. The van der Waals surface area contributed by atoms with E-state index in [1.807, 2.05) is 41.3 Å². The van der Waals surface area contributed by atoms with Gasteiger partial charge in [-0.05, 0) is 90.4 Å². The van der Waals surface area contributed by atoms with E-state index in [-0.39, 0.29) is 18.4 Å². The van der Waals surface area contributed by atoms with E-state index in [0.717, 1.165) is 16.9 Å². The van der Waals surface area contributed by atoms with E-state index in [9.17, 15) is 13.2 Å². The fourth-order valence-electron chi connectivity index (χ4n) is 4.23. The molecule has 0 aliphatic carbocycles. The monoisotopic (exact) mass is 548 g/mol. The molecule has 0 fully saturated rings. The Bertz CT molecular complexity index is 1250. The first kappa shape index (κ1) is 27.2. The molecule has 0 radical (unpaired) electrons. The number of alkyl halides is 3. The number of anilines is 1. The van der Waals surface area contributed by atoms with Crippen LogP contribution in [0.15, 0.2) is 60.7 Å². The van der Waals surface area contributed by atoms with Crippen molar-refractivity contribution in [2.24, 2.45) is 0 Å². The molecule has 0 saturated heterocycles. The van der Waals surface area contributed by atoms with Crippen LogP contribution >= 0.6 is 12.2 Å². The molecule has 0 bridgehead atoms. The molecule has 1 heterocycles. The van der Waals surface area contributed by atoms with Gasteiger partial charge in [0.05, 0.1) is 27.4 Å². The van der Waals surface area contributed by atoms with Crippen molar-refractivity contribution < 1.29 is 36.9 Å². The smallest absolute Gasteiger partial charge is 0.497 e. The lowest BCUT2D eigenvalue weighted by Gasteiger charge is -2.39. The number of hydrogen-bond donors (Lipinski definition) is 1. The number of hydrogen-bond acceptors (Lipinski definition) is 6. The lowest BCUT2D eigenvalue weighted by atomic mass is 9.92. The molecule has 1 aliphatic rings. The molecule has 7 nitrogen and oxygen atoms in total. The van der Waals surface area contributed by atoms with Crippen molar-refractivity contribution in [2.45, 2.75) is 18.8 Å². The zero-order valence-corrected chi connectivity index (χ0v) is 21.8. The first-order valence-electron chi connectivity index (χ1n) is 11.7. The molecular weight excluding hydrogens is 521 g/mol. The summed E-state index contributed by atoms with van der Waals surface area (Å²) in [5.74, 6) is 2.29. The van der Waals surface area contributed by atoms with E-state index < -0.39 is 6.36 Å². The Balaban J connectivity index is 1.57. The summed E-state index contributed by atoms with van der Waals surface area (Å²) in [6.45, 7) is 0.856. The van der Waals surface area contributed by atoms with Crippen LogP contribution in [0.3, 0.4) is 0 Å². The zero-order valence-electron chi connectivity index (χ0n) is 21.0. The third kappa shape index (κ3) is 6.52. The average Bonchev–Trinajstić information content (AvgIpc) is 2.91. The predicted octanol–water partition coefficient (Wildman–Crippen LogP) is 5.99. The third-order valence-corrected chi connectivity index (χ3v) is 6.41. The number of fused-ring (bicyclic) bond motifs is 1. The highest BCUT2D eigenvalue weighted by atomic mass is 32.1. The quantitative estimate of drug-likeness (QED) is 0.345. The van der Waals surface area contributed by atoms with Crippen LogP contribution in [0.25, 0.3) is 0 Å². The van der Waals surface area contributed by atoms with Gasteiger partial charge in [0.15, 0.2) is 16.6 Å². The molecular formula is C27H27F3N2O5S. The maximum absolute atomic E-state index is 12.5. The number of ether oxygens (including phenoxy) is 5. The van der Waals surface area contributed by atoms with Crippen molar-refractivity contribution in [1.29, 1.82) is 0 Å². The Morgan fingerprint density at radius 3 is 2.11 bits per heavy atom. The largest absolute Gasteiger partial charge is 0.573 e. The Morgan fingerprint density at radius 1 is 0.895 bits per heavy atom. The number of benzene rings is 3. The summed E-state index contributed by atoms with van der Waals surface area (Å²) in [6.07, 6.45) is -4.07. The predicted molar refractivity (Wildman–Crippen MR) is 141 cm³/mol. The number of thiocarbonyl (C=S) groups is 1. The van der Waals surface area contributed by atoms with Gasteiger partial charge in [-0.15, -0.1) is 13.2 Å². The minimum absolute atomic E-state index is 0.273. The molecule has 0 saturated carbocycles. The second kappa shape index (κ2) is 11.7. The van der Waals surface area contributed by atoms with E-state index in [0.29, 0.717) is 41.0 Å². The molecule has 0 spiro atoms. The van der Waals surface area contributed by atoms with Gasteiger partial charge in [-0.2, -0.15) is 0 Å². The highest BCUT2D eigenvalue weighted by molar-refractivity contribution is 7.80. The van der Waals surface area contributed by atoms with Gasteiger partial charge in [0.25, 0.3) is 0 Å². The van der Waals surface area contributed by atoms with Crippen LogP contribution in [0.5, 0.6) is 28.7 Å². The molecule has 202 valence electrons. The van der Waals surface area contributed by atoms with Crippen LogP contribution in [-0.2, 0) is 6.42 Å². The number of nitrogens with one attached hydrogen (secondary N) is 1. The molecule has 1 atom stereocenters. The first-order valence-corrected chi connectivity index (χ1v) is 12.1. The van der Waals surface area contributed by atoms with Crippen LogP contribution in [0, 0.1) is 0 Å². The Morgan fingerprint density at radius 2 is 1.50 bits per heavy atom. The SMILES string of the molecule is COc1ccc(OC[C@H]2c3cc(OC)c(OC)cc3CCN2C(=S)Nc2ccc(OC(F)(F)F)cc2)cc1. The third-order valence-electron chi connectivity index (χ3n) is 6.07. The van der Waals surface area contributed by atoms with Gasteiger partial charge in [0.1, 0.15) is 23.9 Å². The maximum atomic E-state index is 12.5. The Hall–Kier alpha value is -3.86. The van der Waals surface area contributed by atoms with Crippen molar-refractivity contribution in [3.05, 3.63) is 71.8 Å². The lowest BCUT2D eigenvalue weighted by molar-refractivity contribution is -0.274. The van der Waals surface area contributed by atoms with Crippen molar-refractivity contribution in [2.75, 3.05) is 39.8 Å². The van der Waals surface area contributed by atoms with Gasteiger partial charge in [-0.1, -0.05) is 0 Å². The molecule has 4 rings (SSSR count). The summed E-state index contributed by atoms with van der Waals surface area (Å²) in [5.41, 5.74) is 2.58. The lowest BCUT2D eigenvalue weighted by Crippen LogP contribution is -2.44. The molecule has 0 unspecified atom stereocenters. The minimum Gasteiger partial charge on any atom is -0.497 e. The molecule has 11 heteroatoms. The van der Waals surface area contributed by atoms with Crippen LogP contribution in [-0.4, -0.2) is 50.9 Å². The molecule has 0 aromatic heterocycles. The summed E-state index contributed by atoms with van der Waals surface area (Å²) in [7, 11) is 4.76. The van der Waals surface area contributed by atoms with Crippen LogP contribution in [0.4, 0.5) is 18.9 Å². The molecule has 1 N–H and O–H groups in total. The Kier molecular flexibility index (Phi) is 8.35. The fraction of sp³-hybridized carbons (Fsp3) is 0.296. The summed E-state index contributed by atoms with van der Waals surface area (Å²) in [6, 6.07) is 16.3. The summed E-state index contributed by atoms with van der Waals surface area (Å²) < 4.78 is 63.8. The molecule has 3 aromatic rings. The van der Waals surface area contributed by atoms with E-state index in [4.69, 9.17) is 31.2 Å². The number of halogens is 3. The Labute approximate surface area is 224 Å². The average molecular weight is 549 g/mol. The number of nitrogens with zero attached hydrogens (tertiary/aromatic N) is 1. The van der Waals surface area contributed by atoms with Gasteiger partial charge in [-0.25, -0.2) is 0 Å². The number of methoxy groups -OCH3 is 3. The van der Waals surface area contributed by atoms with Crippen LogP contribution in [0.2, 0.25) is 0 Å². The van der Waals surface area contributed by atoms with Gasteiger partial charge in [0, 0.05) is 12.2 Å². The zero-order chi connectivity index (χ0) is 27.3. The van der Waals surface area contributed by atoms with Crippen molar-refractivity contribution in [3.63, 3.8) is 0 Å². The second-order valence-electron chi connectivity index (χ2n) is 8.35. The van der Waals surface area contributed by atoms with Crippen molar-refractivity contribution in [1.82, 2.24) is 4.90 Å². The normalized spacial score (nSPS) is 14.8. The van der Waals surface area contributed by atoms with Gasteiger partial charge in [0.2, 0.25) is 0 Å². The van der Waals surface area contributed by atoms with E-state index >= 15 is 0 Å². The van der Waals surface area contributed by atoms with Gasteiger partial charge >= 0.3 is 6.36 Å². The maximum Gasteiger partial charge on any atom is 0.573 e. The van der Waals surface area contributed by atoms with E-state index in [2.05, 4.69) is 10.1 Å². The van der Waals surface area contributed by atoms with Gasteiger partial charge in [-0.3, -0.25) is 0 Å². The van der Waals surface area contributed by atoms with Crippen molar-refractivity contribution in [3.8, 4) is 28.7 Å². The van der Waals surface area contributed by atoms with Crippen LogP contribution in [0.1, 0.15) is 17.2 Å². The van der Waals surface area contributed by atoms with E-state index in [1.165, 1.54) is 24.3 Å². The molecule has 0 amide bonds. The highest BCUT2D eigenvalue weighted by Crippen LogP contribution is 2.39. The summed E-state index contributed by atoms with van der Waals surface area (Å²) in [4.78, 5) is 1.99. The highest BCUT2D eigenvalue weighted by Gasteiger charge is 2.32. The topological polar surface area (TPSA) is 61.4 Å². The van der Waals surface area contributed by atoms with Crippen LogP contribution < -0.4 is 29.0 Å². The molecule has 1 aliphatic heterocycles. The van der Waals surface area contributed by atoms with Gasteiger partial charge < -0.3 is 33.9 Å². The molecule has 38 heavy (non-hydrogen) atoms.